The Morgan fingerprint density at radius 3 is 2.55 bits per heavy atom. The Hall–Kier alpha value is -1.18. The second kappa shape index (κ2) is 7.56. The van der Waals surface area contributed by atoms with Crippen molar-refractivity contribution in [1.82, 2.24) is 0 Å². The van der Waals surface area contributed by atoms with Crippen LogP contribution in [0.4, 0.5) is 8.78 Å². The minimum absolute atomic E-state index is 0.132. The van der Waals surface area contributed by atoms with Gasteiger partial charge in [-0.3, -0.25) is 0 Å². The Morgan fingerprint density at radius 1 is 1.20 bits per heavy atom. The molecule has 1 fully saturated rings. The average Bonchev–Trinajstić information content (AvgIpc) is 2.49. The number of allylic oxidation sites excluding steroid dienone is 1. The fraction of sp³-hybridized carbons (Fsp3) is 0.556. The summed E-state index contributed by atoms with van der Waals surface area (Å²) in [5.74, 6) is 1.25. The average molecular weight is 278 g/mol. The van der Waals surface area contributed by atoms with Gasteiger partial charge in [-0.05, 0) is 67.6 Å². The van der Waals surface area contributed by atoms with Crippen molar-refractivity contribution in [3.8, 4) is 0 Å². The highest BCUT2D eigenvalue weighted by Gasteiger charge is 2.21. The Morgan fingerprint density at radius 2 is 1.95 bits per heavy atom. The molecule has 0 nitrogen and oxygen atoms in total. The molecule has 0 saturated heterocycles. The van der Waals surface area contributed by atoms with Gasteiger partial charge in [0.25, 0.3) is 0 Å². The van der Waals surface area contributed by atoms with Crippen LogP contribution in [-0.4, -0.2) is 0 Å². The maximum Gasteiger partial charge on any atom is 0.126 e. The molecule has 0 amide bonds. The van der Waals surface area contributed by atoms with E-state index >= 15 is 0 Å². The van der Waals surface area contributed by atoms with Gasteiger partial charge in [-0.1, -0.05) is 31.6 Å². The molecule has 0 aromatic heterocycles. The summed E-state index contributed by atoms with van der Waals surface area (Å²) in [4.78, 5) is 0. The van der Waals surface area contributed by atoms with E-state index in [1.165, 1.54) is 38.2 Å². The minimum Gasteiger partial charge on any atom is -0.216 e. The Balaban J connectivity index is 1.98. The maximum atomic E-state index is 14.1. The molecule has 0 heterocycles. The van der Waals surface area contributed by atoms with Crippen LogP contribution in [0, 0.1) is 11.7 Å². The summed E-state index contributed by atoms with van der Waals surface area (Å²) in [6.45, 7) is 2.26. The summed E-state index contributed by atoms with van der Waals surface area (Å²) in [6, 6.07) is 5.64. The van der Waals surface area contributed by atoms with Crippen LogP contribution in [0.5, 0.6) is 0 Å². The second-order valence-electron chi connectivity index (χ2n) is 5.88. The van der Waals surface area contributed by atoms with Crippen molar-refractivity contribution in [3.63, 3.8) is 0 Å². The van der Waals surface area contributed by atoms with Crippen LogP contribution in [-0.2, 0) is 6.42 Å². The molecule has 1 saturated carbocycles. The zero-order chi connectivity index (χ0) is 14.4. The molecule has 0 spiro atoms. The smallest absolute Gasteiger partial charge is 0.126 e. The molecule has 20 heavy (non-hydrogen) atoms. The van der Waals surface area contributed by atoms with Gasteiger partial charge >= 0.3 is 0 Å². The molecule has 1 aromatic rings. The van der Waals surface area contributed by atoms with E-state index in [4.69, 9.17) is 0 Å². The molecule has 1 aromatic carbocycles. The molecule has 0 unspecified atom stereocenters. The standard InChI is InChI=1S/C18H24F2/c1-2-14-6-8-15(9-7-14)17-11-10-16(18(20)13-17)5-3-4-12-19/h4,10-15H,2-3,5-9H2,1H3/t14-,15-. The molecule has 0 aliphatic heterocycles. The zero-order valence-corrected chi connectivity index (χ0v) is 12.2. The van der Waals surface area contributed by atoms with Crippen molar-refractivity contribution in [2.24, 2.45) is 5.92 Å². The molecule has 2 rings (SSSR count). The summed E-state index contributed by atoms with van der Waals surface area (Å²) in [7, 11) is 0. The molecule has 0 N–H and O–H groups in total. The van der Waals surface area contributed by atoms with Crippen molar-refractivity contribution in [1.29, 1.82) is 0 Å². The van der Waals surface area contributed by atoms with Gasteiger partial charge in [0.15, 0.2) is 0 Å². The van der Waals surface area contributed by atoms with Gasteiger partial charge in [-0.2, -0.15) is 0 Å². The number of hydrogen-bond donors (Lipinski definition) is 0. The lowest BCUT2D eigenvalue weighted by Crippen LogP contribution is -2.13. The van der Waals surface area contributed by atoms with Gasteiger partial charge in [0.1, 0.15) is 5.82 Å². The first-order chi connectivity index (χ1) is 9.74. The number of aryl methyl sites for hydroxylation is 1. The third kappa shape index (κ3) is 3.91. The third-order valence-corrected chi connectivity index (χ3v) is 4.64. The molecule has 1 aliphatic rings. The molecule has 0 bridgehead atoms. The molecular formula is C18H24F2. The first-order valence-electron chi connectivity index (χ1n) is 7.78. The molecule has 110 valence electrons. The van der Waals surface area contributed by atoms with E-state index in [2.05, 4.69) is 13.0 Å². The van der Waals surface area contributed by atoms with Gasteiger partial charge in [-0.25, -0.2) is 8.78 Å². The van der Waals surface area contributed by atoms with E-state index in [1.807, 2.05) is 6.07 Å². The van der Waals surface area contributed by atoms with Crippen molar-refractivity contribution in [3.05, 3.63) is 47.5 Å². The van der Waals surface area contributed by atoms with Gasteiger partial charge < -0.3 is 0 Å². The summed E-state index contributed by atoms with van der Waals surface area (Å²) < 4.78 is 25.9. The van der Waals surface area contributed by atoms with E-state index < -0.39 is 0 Å². The quantitative estimate of drug-likeness (QED) is 0.626. The predicted octanol–water partition coefficient (Wildman–Crippen LogP) is 5.93. The van der Waals surface area contributed by atoms with E-state index in [9.17, 15) is 8.78 Å². The summed E-state index contributed by atoms with van der Waals surface area (Å²) in [5.41, 5.74) is 1.83. The van der Waals surface area contributed by atoms with E-state index in [1.54, 1.807) is 6.07 Å². The summed E-state index contributed by atoms with van der Waals surface area (Å²) in [6.07, 6.45) is 9.24. The summed E-state index contributed by atoms with van der Waals surface area (Å²) >= 11 is 0. The first kappa shape index (κ1) is 15.2. The molecule has 0 atom stereocenters. The lowest BCUT2D eigenvalue weighted by molar-refractivity contribution is 0.318. The van der Waals surface area contributed by atoms with Crippen molar-refractivity contribution in [2.45, 2.75) is 57.8 Å². The van der Waals surface area contributed by atoms with E-state index in [0.29, 0.717) is 30.7 Å². The zero-order valence-electron chi connectivity index (χ0n) is 12.2. The van der Waals surface area contributed by atoms with Crippen LogP contribution >= 0.6 is 0 Å². The molecular weight excluding hydrogens is 254 g/mol. The monoisotopic (exact) mass is 278 g/mol. The maximum absolute atomic E-state index is 14.1. The number of benzene rings is 1. The fourth-order valence-electron chi connectivity index (χ4n) is 3.23. The highest BCUT2D eigenvalue weighted by Crippen LogP contribution is 2.37. The van der Waals surface area contributed by atoms with Crippen LogP contribution in [0.3, 0.4) is 0 Å². The van der Waals surface area contributed by atoms with Gasteiger partial charge in [0, 0.05) is 0 Å². The molecule has 2 heteroatoms. The third-order valence-electron chi connectivity index (χ3n) is 4.64. The Labute approximate surface area is 120 Å². The van der Waals surface area contributed by atoms with Crippen LogP contribution < -0.4 is 0 Å². The van der Waals surface area contributed by atoms with Crippen LogP contribution in [0.1, 0.15) is 62.5 Å². The van der Waals surface area contributed by atoms with Gasteiger partial charge in [-0.15, -0.1) is 0 Å². The molecule has 1 aliphatic carbocycles. The highest BCUT2D eigenvalue weighted by atomic mass is 19.1. The predicted molar refractivity (Wildman–Crippen MR) is 80.0 cm³/mol. The SMILES string of the molecule is CC[C@H]1CC[C@H](c2ccc(CCC=CF)c(F)c2)CC1. The highest BCUT2D eigenvalue weighted by molar-refractivity contribution is 5.27. The van der Waals surface area contributed by atoms with Crippen LogP contribution in [0.2, 0.25) is 0 Å². The van der Waals surface area contributed by atoms with E-state index in [-0.39, 0.29) is 5.82 Å². The molecule has 0 radical (unpaired) electrons. The summed E-state index contributed by atoms with van der Waals surface area (Å²) in [5, 5.41) is 0. The lowest BCUT2D eigenvalue weighted by atomic mass is 9.77. The number of rotatable bonds is 5. The van der Waals surface area contributed by atoms with Crippen molar-refractivity contribution >= 4 is 0 Å². The van der Waals surface area contributed by atoms with Gasteiger partial charge in [0.05, 0.1) is 6.33 Å². The normalized spacial score (nSPS) is 23.4. The van der Waals surface area contributed by atoms with Gasteiger partial charge in [0.2, 0.25) is 0 Å². The number of halogens is 2. The van der Waals surface area contributed by atoms with Crippen LogP contribution in [0.15, 0.2) is 30.6 Å². The van der Waals surface area contributed by atoms with Crippen molar-refractivity contribution < 1.29 is 8.78 Å². The Kier molecular flexibility index (Phi) is 5.75. The Bertz CT molecular complexity index is 443. The van der Waals surface area contributed by atoms with Crippen molar-refractivity contribution in [2.75, 3.05) is 0 Å². The second-order valence-corrected chi connectivity index (χ2v) is 5.88. The largest absolute Gasteiger partial charge is 0.216 e. The first-order valence-corrected chi connectivity index (χ1v) is 7.78. The van der Waals surface area contributed by atoms with E-state index in [0.717, 1.165) is 11.5 Å². The minimum atomic E-state index is -0.132. The fourth-order valence-corrected chi connectivity index (χ4v) is 3.23. The lowest BCUT2D eigenvalue weighted by Gasteiger charge is -2.28. The number of hydrogen-bond acceptors (Lipinski definition) is 0. The topological polar surface area (TPSA) is 0 Å². The van der Waals surface area contributed by atoms with Crippen LogP contribution in [0.25, 0.3) is 0 Å².